The van der Waals surface area contributed by atoms with E-state index >= 15 is 0 Å². The third kappa shape index (κ3) is 3.23. The molecule has 18 heavy (non-hydrogen) atoms. The van der Waals surface area contributed by atoms with E-state index in [-0.39, 0.29) is 0 Å². The number of hydrogen-bond acceptors (Lipinski definition) is 2. The molecule has 0 aromatic rings. The van der Waals surface area contributed by atoms with Gasteiger partial charge in [0.05, 0.1) is 0 Å². The van der Waals surface area contributed by atoms with Crippen LogP contribution in [-0.2, 0) is 4.79 Å². The summed E-state index contributed by atoms with van der Waals surface area (Å²) in [7, 11) is 0. The molecule has 0 heterocycles. The standard InChI is InChI=1S/C16H27NO/c1-3-9-17(10-4-2)15-7-5-13-6-8-16(18)12-14(13)11-15/h12-13,15H,3-11H2,1-2H3. The van der Waals surface area contributed by atoms with Gasteiger partial charge in [-0.05, 0) is 63.6 Å². The number of carbonyl (C=O) groups is 1. The van der Waals surface area contributed by atoms with Gasteiger partial charge >= 0.3 is 0 Å². The Kier molecular flexibility index (Phi) is 4.99. The summed E-state index contributed by atoms with van der Waals surface area (Å²) in [5.74, 6) is 1.09. The molecule has 0 aliphatic heterocycles. The summed E-state index contributed by atoms with van der Waals surface area (Å²) in [6.07, 6.45) is 10.1. The maximum atomic E-state index is 11.6. The third-order valence-corrected chi connectivity index (χ3v) is 4.47. The average Bonchev–Trinajstić information content (AvgIpc) is 2.37. The molecule has 0 saturated heterocycles. The summed E-state index contributed by atoms with van der Waals surface area (Å²) < 4.78 is 0. The summed E-state index contributed by atoms with van der Waals surface area (Å²) in [6, 6.07) is 0.693. The lowest BCUT2D eigenvalue weighted by molar-refractivity contribution is -0.115. The molecule has 0 amide bonds. The van der Waals surface area contributed by atoms with Crippen molar-refractivity contribution in [3.8, 4) is 0 Å². The van der Waals surface area contributed by atoms with Crippen molar-refractivity contribution in [3.05, 3.63) is 11.6 Å². The molecule has 1 fully saturated rings. The topological polar surface area (TPSA) is 20.3 Å². The molecule has 102 valence electrons. The number of nitrogens with zero attached hydrogens (tertiary/aromatic N) is 1. The van der Waals surface area contributed by atoms with Gasteiger partial charge in [-0.2, -0.15) is 0 Å². The Morgan fingerprint density at radius 3 is 2.56 bits per heavy atom. The Labute approximate surface area is 111 Å². The van der Waals surface area contributed by atoms with Crippen LogP contribution >= 0.6 is 0 Å². The molecule has 2 unspecified atom stereocenters. The SMILES string of the molecule is CCCN(CCC)C1CCC2CCC(=O)C=C2C1. The van der Waals surface area contributed by atoms with E-state index in [1.807, 2.05) is 6.08 Å². The van der Waals surface area contributed by atoms with Crippen molar-refractivity contribution in [2.45, 2.75) is 64.8 Å². The second kappa shape index (κ2) is 6.51. The van der Waals surface area contributed by atoms with E-state index in [0.717, 1.165) is 25.2 Å². The highest BCUT2D eigenvalue weighted by Gasteiger charge is 2.31. The van der Waals surface area contributed by atoms with Gasteiger partial charge in [0.15, 0.2) is 5.78 Å². The first kappa shape index (κ1) is 13.8. The molecule has 0 spiro atoms. The van der Waals surface area contributed by atoms with E-state index in [9.17, 15) is 4.79 Å². The third-order valence-electron chi connectivity index (χ3n) is 4.47. The second-order valence-electron chi connectivity index (χ2n) is 5.89. The van der Waals surface area contributed by atoms with Crippen molar-refractivity contribution >= 4 is 5.78 Å². The van der Waals surface area contributed by atoms with Gasteiger partial charge in [0.25, 0.3) is 0 Å². The van der Waals surface area contributed by atoms with Gasteiger partial charge in [0, 0.05) is 12.5 Å². The van der Waals surface area contributed by atoms with Crippen molar-refractivity contribution in [2.75, 3.05) is 13.1 Å². The molecule has 2 aliphatic carbocycles. The predicted octanol–water partition coefficient (Wildman–Crippen LogP) is 3.57. The Morgan fingerprint density at radius 2 is 1.89 bits per heavy atom. The van der Waals surface area contributed by atoms with Crippen LogP contribution in [0, 0.1) is 5.92 Å². The number of fused-ring (bicyclic) bond motifs is 1. The molecule has 0 bridgehead atoms. The zero-order valence-corrected chi connectivity index (χ0v) is 12.0. The zero-order chi connectivity index (χ0) is 13.0. The summed E-state index contributed by atoms with van der Waals surface area (Å²) in [5, 5.41) is 0. The van der Waals surface area contributed by atoms with Crippen molar-refractivity contribution in [2.24, 2.45) is 5.92 Å². The first-order valence-corrected chi connectivity index (χ1v) is 7.72. The minimum atomic E-state index is 0.361. The van der Waals surface area contributed by atoms with Crippen molar-refractivity contribution in [1.29, 1.82) is 0 Å². The first-order chi connectivity index (χ1) is 8.74. The van der Waals surface area contributed by atoms with Crippen LogP contribution in [-0.4, -0.2) is 29.8 Å². The fraction of sp³-hybridized carbons (Fsp3) is 0.812. The Balaban J connectivity index is 2.01. The van der Waals surface area contributed by atoms with Gasteiger partial charge in [-0.15, -0.1) is 0 Å². The predicted molar refractivity (Wildman–Crippen MR) is 75.6 cm³/mol. The van der Waals surface area contributed by atoms with Crippen LogP contribution < -0.4 is 0 Å². The Morgan fingerprint density at radius 1 is 1.17 bits per heavy atom. The summed E-state index contributed by atoms with van der Waals surface area (Å²) in [6.45, 7) is 6.95. The largest absolute Gasteiger partial charge is 0.300 e. The smallest absolute Gasteiger partial charge is 0.155 e. The molecule has 2 heteroatoms. The molecule has 2 atom stereocenters. The number of rotatable bonds is 5. The summed E-state index contributed by atoms with van der Waals surface area (Å²) in [4.78, 5) is 14.2. The van der Waals surface area contributed by atoms with Crippen molar-refractivity contribution < 1.29 is 4.79 Å². The van der Waals surface area contributed by atoms with Crippen LogP contribution in [0.5, 0.6) is 0 Å². The van der Waals surface area contributed by atoms with Crippen molar-refractivity contribution in [1.82, 2.24) is 4.90 Å². The van der Waals surface area contributed by atoms with Crippen LogP contribution in [0.15, 0.2) is 11.6 Å². The Bertz CT molecular complexity index is 315. The lowest BCUT2D eigenvalue weighted by Crippen LogP contribution is -2.40. The highest BCUT2D eigenvalue weighted by atomic mass is 16.1. The normalized spacial score (nSPS) is 28.2. The quantitative estimate of drug-likeness (QED) is 0.742. The maximum absolute atomic E-state index is 11.6. The number of allylic oxidation sites excluding steroid dienone is 1. The minimum Gasteiger partial charge on any atom is -0.300 e. The second-order valence-corrected chi connectivity index (χ2v) is 5.89. The number of ketones is 1. The van der Waals surface area contributed by atoms with E-state index in [2.05, 4.69) is 18.7 Å². The number of carbonyl (C=O) groups excluding carboxylic acids is 1. The van der Waals surface area contributed by atoms with Gasteiger partial charge in [-0.25, -0.2) is 0 Å². The van der Waals surface area contributed by atoms with E-state index in [1.54, 1.807) is 0 Å². The van der Waals surface area contributed by atoms with Gasteiger partial charge in [-0.3, -0.25) is 4.79 Å². The molecule has 1 saturated carbocycles. The molecular formula is C16H27NO. The molecule has 2 aliphatic rings. The molecular weight excluding hydrogens is 222 g/mol. The van der Waals surface area contributed by atoms with E-state index in [0.29, 0.717) is 11.8 Å². The van der Waals surface area contributed by atoms with Crippen LogP contribution in [0.2, 0.25) is 0 Å². The van der Waals surface area contributed by atoms with E-state index in [4.69, 9.17) is 0 Å². The van der Waals surface area contributed by atoms with Gasteiger partial charge in [0.2, 0.25) is 0 Å². The van der Waals surface area contributed by atoms with E-state index in [1.165, 1.54) is 44.3 Å². The Hall–Kier alpha value is -0.630. The molecule has 0 radical (unpaired) electrons. The summed E-state index contributed by atoms with van der Waals surface area (Å²) >= 11 is 0. The van der Waals surface area contributed by atoms with Crippen LogP contribution in [0.1, 0.15) is 58.8 Å². The lowest BCUT2D eigenvalue weighted by atomic mass is 9.75. The molecule has 0 aromatic carbocycles. The fourth-order valence-corrected chi connectivity index (χ4v) is 3.58. The monoisotopic (exact) mass is 249 g/mol. The van der Waals surface area contributed by atoms with Crippen LogP contribution in [0.25, 0.3) is 0 Å². The van der Waals surface area contributed by atoms with Crippen molar-refractivity contribution in [3.63, 3.8) is 0 Å². The zero-order valence-electron chi connectivity index (χ0n) is 12.0. The minimum absolute atomic E-state index is 0.361. The van der Waals surface area contributed by atoms with E-state index < -0.39 is 0 Å². The summed E-state index contributed by atoms with van der Waals surface area (Å²) in [5.41, 5.74) is 1.46. The fourth-order valence-electron chi connectivity index (χ4n) is 3.58. The molecule has 2 rings (SSSR count). The molecule has 2 nitrogen and oxygen atoms in total. The first-order valence-electron chi connectivity index (χ1n) is 7.72. The van der Waals surface area contributed by atoms with Gasteiger partial charge in [0.1, 0.15) is 0 Å². The van der Waals surface area contributed by atoms with Gasteiger partial charge in [-0.1, -0.05) is 19.4 Å². The average molecular weight is 249 g/mol. The number of hydrogen-bond donors (Lipinski definition) is 0. The highest BCUT2D eigenvalue weighted by Crippen LogP contribution is 2.37. The van der Waals surface area contributed by atoms with Crippen LogP contribution in [0.3, 0.4) is 0 Å². The maximum Gasteiger partial charge on any atom is 0.155 e. The molecule has 0 aromatic heterocycles. The lowest BCUT2D eigenvalue weighted by Gasteiger charge is -2.39. The molecule has 0 N–H and O–H groups in total. The van der Waals surface area contributed by atoms with Gasteiger partial charge < -0.3 is 4.90 Å². The highest BCUT2D eigenvalue weighted by molar-refractivity contribution is 5.91. The van der Waals surface area contributed by atoms with Crippen LogP contribution in [0.4, 0.5) is 0 Å².